The third-order valence-corrected chi connectivity index (χ3v) is 6.21. The number of hydrogen-bond acceptors (Lipinski definition) is 5. The van der Waals surface area contributed by atoms with Crippen LogP contribution in [0, 0.1) is 5.82 Å². The van der Waals surface area contributed by atoms with E-state index in [2.05, 4.69) is 5.32 Å². The van der Waals surface area contributed by atoms with Crippen molar-refractivity contribution in [1.82, 2.24) is 0 Å². The number of thioether (sulfide) groups is 1. The van der Waals surface area contributed by atoms with E-state index in [1.54, 1.807) is 6.07 Å². The number of fused-ring (bicyclic) bond motifs is 3. The Morgan fingerprint density at radius 1 is 1.21 bits per heavy atom. The number of ether oxygens (including phenoxy) is 1. The molecule has 0 radical (unpaired) electrons. The van der Waals surface area contributed by atoms with Gasteiger partial charge in [0.25, 0.3) is 5.91 Å². The SMILES string of the molecule is C[C@@H](OC(=O)[C@@]12CCC(=O)N1c1ccccc1S2)C(=O)Nc1ccc(F)cc1. The molecule has 6 nitrogen and oxygen atoms in total. The van der Waals surface area contributed by atoms with Gasteiger partial charge in [0.1, 0.15) is 5.82 Å². The summed E-state index contributed by atoms with van der Waals surface area (Å²) in [5.74, 6) is -1.72. The highest BCUT2D eigenvalue weighted by molar-refractivity contribution is 8.02. The molecule has 2 heterocycles. The predicted molar refractivity (Wildman–Crippen MR) is 102 cm³/mol. The van der Waals surface area contributed by atoms with Gasteiger partial charge in [-0.1, -0.05) is 23.9 Å². The molecule has 1 N–H and O–H groups in total. The van der Waals surface area contributed by atoms with E-state index in [0.29, 0.717) is 17.8 Å². The fourth-order valence-electron chi connectivity index (χ4n) is 3.36. The molecule has 144 valence electrons. The number of amides is 2. The molecule has 2 atom stereocenters. The van der Waals surface area contributed by atoms with Crippen molar-refractivity contribution >= 4 is 40.9 Å². The summed E-state index contributed by atoms with van der Waals surface area (Å²) in [6.07, 6.45) is -0.517. The van der Waals surface area contributed by atoms with Crippen molar-refractivity contribution < 1.29 is 23.5 Å². The van der Waals surface area contributed by atoms with Crippen LogP contribution in [0.15, 0.2) is 53.4 Å². The minimum Gasteiger partial charge on any atom is -0.450 e. The molecule has 2 amide bonds. The van der Waals surface area contributed by atoms with E-state index in [-0.39, 0.29) is 12.3 Å². The van der Waals surface area contributed by atoms with Crippen LogP contribution in [0.4, 0.5) is 15.8 Å². The van der Waals surface area contributed by atoms with Crippen LogP contribution in [-0.2, 0) is 19.1 Å². The van der Waals surface area contributed by atoms with Crippen LogP contribution >= 0.6 is 11.8 Å². The van der Waals surface area contributed by atoms with Gasteiger partial charge in [0.15, 0.2) is 11.0 Å². The number of carbonyl (C=O) groups excluding carboxylic acids is 3. The monoisotopic (exact) mass is 400 g/mol. The molecule has 1 fully saturated rings. The summed E-state index contributed by atoms with van der Waals surface area (Å²) < 4.78 is 18.4. The zero-order valence-corrected chi connectivity index (χ0v) is 15.8. The van der Waals surface area contributed by atoms with E-state index in [0.717, 1.165) is 4.90 Å². The van der Waals surface area contributed by atoms with Gasteiger partial charge in [-0.3, -0.25) is 14.5 Å². The van der Waals surface area contributed by atoms with Crippen molar-refractivity contribution in [2.75, 3.05) is 10.2 Å². The van der Waals surface area contributed by atoms with E-state index in [9.17, 15) is 18.8 Å². The standard InChI is InChI=1S/C20H17FN2O4S/c1-12(18(25)22-14-8-6-13(21)7-9-14)27-19(26)20-11-10-17(24)23(20)15-4-2-3-5-16(15)28-20/h2-9,12H,10-11H2,1H3,(H,22,25)/t12-,20+/m1/s1. The van der Waals surface area contributed by atoms with Crippen LogP contribution in [0.3, 0.4) is 0 Å². The number of nitrogens with one attached hydrogen (secondary N) is 1. The highest BCUT2D eigenvalue weighted by atomic mass is 32.2. The second-order valence-corrected chi connectivity index (χ2v) is 7.95. The molecule has 2 aliphatic heterocycles. The number of benzene rings is 2. The Bertz CT molecular complexity index is 965. The Morgan fingerprint density at radius 3 is 2.68 bits per heavy atom. The third kappa shape index (κ3) is 3.03. The predicted octanol–water partition coefficient (Wildman–Crippen LogP) is 3.32. The molecule has 2 aromatic carbocycles. The summed E-state index contributed by atoms with van der Waals surface area (Å²) in [6, 6.07) is 12.6. The first-order valence-corrected chi connectivity index (χ1v) is 9.61. The maximum absolute atomic E-state index is 13.0. The zero-order valence-electron chi connectivity index (χ0n) is 15.0. The van der Waals surface area contributed by atoms with Crippen molar-refractivity contribution in [2.45, 2.75) is 35.6 Å². The summed E-state index contributed by atoms with van der Waals surface area (Å²) >= 11 is 1.28. The topological polar surface area (TPSA) is 75.7 Å². The summed E-state index contributed by atoms with van der Waals surface area (Å²) in [5, 5.41) is 2.58. The van der Waals surface area contributed by atoms with Gasteiger partial charge in [-0.2, -0.15) is 0 Å². The van der Waals surface area contributed by atoms with Gasteiger partial charge in [0.2, 0.25) is 5.91 Å². The summed E-state index contributed by atoms with van der Waals surface area (Å²) in [6.45, 7) is 1.46. The molecule has 4 rings (SSSR count). The first kappa shape index (κ1) is 18.5. The average molecular weight is 400 g/mol. The molecule has 0 aliphatic carbocycles. The molecule has 0 bridgehead atoms. The molecule has 0 unspecified atom stereocenters. The quantitative estimate of drug-likeness (QED) is 0.797. The molecule has 0 saturated carbocycles. The van der Waals surface area contributed by atoms with Crippen molar-refractivity contribution in [3.05, 3.63) is 54.3 Å². The van der Waals surface area contributed by atoms with Crippen LogP contribution in [-0.4, -0.2) is 28.8 Å². The highest BCUT2D eigenvalue weighted by Crippen LogP contribution is 2.56. The van der Waals surface area contributed by atoms with Gasteiger partial charge in [0.05, 0.1) is 5.69 Å². The fourth-order valence-corrected chi connectivity index (χ4v) is 4.76. The number of anilines is 2. The van der Waals surface area contributed by atoms with Crippen molar-refractivity contribution in [3.63, 3.8) is 0 Å². The van der Waals surface area contributed by atoms with Crippen molar-refractivity contribution in [2.24, 2.45) is 0 Å². The van der Waals surface area contributed by atoms with Crippen LogP contribution in [0.1, 0.15) is 19.8 Å². The Labute approximate surface area is 165 Å². The number of para-hydroxylation sites is 1. The lowest BCUT2D eigenvalue weighted by Crippen LogP contribution is -2.49. The minimum absolute atomic E-state index is 0.141. The Morgan fingerprint density at radius 2 is 1.93 bits per heavy atom. The normalized spacial score (nSPS) is 21.1. The van der Waals surface area contributed by atoms with Gasteiger partial charge >= 0.3 is 5.97 Å². The Balaban J connectivity index is 1.49. The van der Waals surface area contributed by atoms with Crippen LogP contribution in [0.25, 0.3) is 0 Å². The lowest BCUT2D eigenvalue weighted by molar-refractivity contribution is -0.155. The van der Waals surface area contributed by atoms with E-state index < -0.39 is 28.7 Å². The zero-order chi connectivity index (χ0) is 19.9. The van der Waals surface area contributed by atoms with E-state index in [1.807, 2.05) is 18.2 Å². The summed E-state index contributed by atoms with van der Waals surface area (Å²) in [5.41, 5.74) is 1.09. The molecule has 0 spiro atoms. The maximum atomic E-state index is 13.0. The molecule has 8 heteroatoms. The lowest BCUT2D eigenvalue weighted by atomic mass is 10.2. The number of esters is 1. The highest BCUT2D eigenvalue weighted by Gasteiger charge is 2.58. The van der Waals surface area contributed by atoms with Gasteiger partial charge in [-0.05, 0) is 43.3 Å². The second kappa shape index (κ2) is 6.94. The Hall–Kier alpha value is -2.87. The average Bonchev–Trinajstić information content (AvgIpc) is 3.19. The number of nitrogens with zero attached hydrogens (tertiary/aromatic N) is 1. The number of halogens is 1. The van der Waals surface area contributed by atoms with Crippen LogP contribution in [0.2, 0.25) is 0 Å². The second-order valence-electron chi connectivity index (χ2n) is 6.63. The summed E-state index contributed by atoms with van der Waals surface area (Å²) in [7, 11) is 0. The number of rotatable bonds is 4. The fraction of sp³-hybridized carbons (Fsp3) is 0.250. The van der Waals surface area contributed by atoms with Gasteiger partial charge in [-0.25, -0.2) is 9.18 Å². The maximum Gasteiger partial charge on any atom is 0.344 e. The Kier molecular flexibility index (Phi) is 4.58. The molecule has 0 aromatic heterocycles. The molecule has 1 saturated heterocycles. The lowest BCUT2D eigenvalue weighted by Gasteiger charge is -2.29. The van der Waals surface area contributed by atoms with Gasteiger partial charge < -0.3 is 10.1 Å². The third-order valence-electron chi connectivity index (χ3n) is 4.76. The van der Waals surface area contributed by atoms with Crippen molar-refractivity contribution in [1.29, 1.82) is 0 Å². The molecular weight excluding hydrogens is 383 g/mol. The molecule has 2 aliphatic rings. The van der Waals surface area contributed by atoms with E-state index in [4.69, 9.17) is 4.74 Å². The van der Waals surface area contributed by atoms with Crippen molar-refractivity contribution in [3.8, 4) is 0 Å². The van der Waals surface area contributed by atoms with Crippen LogP contribution < -0.4 is 10.2 Å². The van der Waals surface area contributed by atoms with E-state index >= 15 is 0 Å². The number of hydrogen-bond donors (Lipinski definition) is 1. The smallest absolute Gasteiger partial charge is 0.344 e. The molecular formula is C20H17FN2O4S. The first-order chi connectivity index (χ1) is 13.4. The van der Waals surface area contributed by atoms with Gasteiger partial charge in [-0.15, -0.1) is 0 Å². The van der Waals surface area contributed by atoms with Crippen LogP contribution in [0.5, 0.6) is 0 Å². The molecule has 2 aromatic rings. The van der Waals surface area contributed by atoms with E-state index in [1.165, 1.54) is 47.9 Å². The number of carbonyl (C=O) groups is 3. The minimum atomic E-state index is -1.18. The summed E-state index contributed by atoms with van der Waals surface area (Å²) in [4.78, 5) is 38.9. The first-order valence-electron chi connectivity index (χ1n) is 8.79. The molecule has 28 heavy (non-hydrogen) atoms. The largest absolute Gasteiger partial charge is 0.450 e. The van der Waals surface area contributed by atoms with Gasteiger partial charge in [0, 0.05) is 23.4 Å².